The molecular weight excluding hydrogens is 720 g/mol. The van der Waals surface area contributed by atoms with E-state index in [0.717, 1.165) is 0 Å². The van der Waals surface area contributed by atoms with Gasteiger partial charge >= 0.3 is 0 Å². The van der Waals surface area contributed by atoms with Crippen molar-refractivity contribution < 1.29 is 0 Å². The number of hydrogen-bond donors (Lipinski definition) is 8. The highest BCUT2D eigenvalue weighted by atomic mass is 16.2. The molecule has 0 atom stereocenters. The van der Waals surface area contributed by atoms with Gasteiger partial charge in [0, 0.05) is 98.1 Å². The van der Waals surface area contributed by atoms with Crippen LogP contribution in [0.1, 0.15) is 0 Å². The highest BCUT2D eigenvalue weighted by Gasteiger charge is 1.74. The molecule has 0 saturated carbocycles. The molecule has 0 aliphatic rings. The van der Waals surface area contributed by atoms with Crippen LogP contribution in [0, 0.1) is 0 Å². The lowest BCUT2D eigenvalue weighted by Gasteiger charge is -1.73. The summed E-state index contributed by atoms with van der Waals surface area (Å²) in [5.74, 6) is 0. The second-order valence-corrected chi connectivity index (χ2v) is 9.81. The molecule has 8 aromatic rings. The Bertz CT molecular complexity index is 1940. The average Bonchev–Trinajstić information content (AvgIpc) is 3.22. The lowest BCUT2D eigenvalue weighted by molar-refractivity contribution is 1.24. The van der Waals surface area contributed by atoms with Gasteiger partial charge in [0.1, 0.15) is 0 Å². The van der Waals surface area contributed by atoms with Crippen molar-refractivity contribution in [3.8, 4) is 0 Å². The van der Waals surface area contributed by atoms with Gasteiger partial charge in [0.05, 0.1) is 0 Å². The normalized spacial score (nSPS) is 8.57. The fourth-order valence-corrected chi connectivity index (χ4v) is 3.01. The van der Waals surface area contributed by atoms with E-state index in [-0.39, 0.29) is 44.5 Å². The zero-order chi connectivity index (χ0) is 40.9. The molecule has 0 fully saturated rings. The van der Waals surface area contributed by atoms with Crippen molar-refractivity contribution in [2.24, 2.45) is 0 Å². The van der Waals surface area contributed by atoms with Crippen LogP contribution in [0.15, 0.2) is 234 Å². The van der Waals surface area contributed by atoms with E-state index in [2.05, 4.69) is 39.9 Å². The van der Waals surface area contributed by atoms with Gasteiger partial charge < -0.3 is 39.9 Å². The van der Waals surface area contributed by atoms with E-state index in [1.54, 1.807) is 147 Å². The van der Waals surface area contributed by atoms with Crippen molar-refractivity contribution in [1.82, 2.24) is 39.9 Å². The van der Waals surface area contributed by atoms with Gasteiger partial charge in [-0.3, -0.25) is 38.4 Å². The number of nitrogens with one attached hydrogen (secondary N) is 8. The Morgan fingerprint density at radius 3 is 0.321 bits per heavy atom. The van der Waals surface area contributed by atoms with Gasteiger partial charge in [0.15, 0.2) is 0 Å². The van der Waals surface area contributed by atoms with Crippen molar-refractivity contribution in [3.05, 3.63) is 278 Å². The molecule has 16 heteroatoms. The van der Waals surface area contributed by atoms with Crippen LogP contribution >= 0.6 is 0 Å². The second-order valence-electron chi connectivity index (χ2n) is 9.81. The minimum atomic E-state index is -0.0532. The zero-order valence-electron chi connectivity index (χ0n) is 29.7. The Kier molecular flexibility index (Phi) is 25.5. The minimum absolute atomic E-state index is 0.0532. The van der Waals surface area contributed by atoms with Gasteiger partial charge in [-0.25, -0.2) is 0 Å². The molecule has 0 aliphatic carbocycles. The van der Waals surface area contributed by atoms with Crippen LogP contribution in [0.3, 0.4) is 0 Å². The molecule has 56 heavy (non-hydrogen) atoms. The predicted molar refractivity (Wildman–Crippen MR) is 217 cm³/mol. The molecule has 8 heterocycles. The van der Waals surface area contributed by atoms with Gasteiger partial charge in [-0.05, 0) is 48.5 Å². The van der Waals surface area contributed by atoms with Crippen molar-refractivity contribution in [1.29, 1.82) is 0 Å². The monoisotopic (exact) mass is 760 g/mol. The molecule has 0 aromatic carbocycles. The summed E-state index contributed by atoms with van der Waals surface area (Å²) in [6.45, 7) is 0. The predicted octanol–water partition coefficient (Wildman–Crippen LogP) is 3.00. The summed E-state index contributed by atoms with van der Waals surface area (Å²) < 4.78 is 0. The van der Waals surface area contributed by atoms with Crippen LogP contribution in [0.4, 0.5) is 0 Å². The van der Waals surface area contributed by atoms with E-state index in [9.17, 15) is 38.4 Å². The Hall–Kier alpha value is -8.40. The summed E-state index contributed by atoms with van der Waals surface area (Å²) in [7, 11) is 0. The maximum absolute atomic E-state index is 10.2. The summed E-state index contributed by atoms with van der Waals surface area (Å²) >= 11 is 0. The average molecular weight is 761 g/mol. The van der Waals surface area contributed by atoms with Crippen LogP contribution in [0.5, 0.6) is 0 Å². The number of hydrogen-bond acceptors (Lipinski definition) is 8. The van der Waals surface area contributed by atoms with Crippen molar-refractivity contribution in [3.63, 3.8) is 0 Å². The molecule has 0 spiro atoms. The smallest absolute Gasteiger partial charge is 0.247 e. The van der Waals surface area contributed by atoms with Crippen LogP contribution in [-0.2, 0) is 0 Å². The summed E-state index contributed by atoms with van der Waals surface area (Å²) in [6, 6.07) is 39.4. The number of H-pyrrole nitrogens is 8. The summed E-state index contributed by atoms with van der Waals surface area (Å²) in [6.07, 6.45) is 12.8. The fourth-order valence-electron chi connectivity index (χ4n) is 3.01. The SMILES string of the molecule is O=c1cccc[nH]1.O=c1cccc[nH]1.O=c1cccc[nH]1.O=c1cccc[nH]1.O=c1cccc[nH]1.O=c1cccc[nH]1.O=c1cccc[nH]1.O=c1cccc[nH]1. The molecule has 0 amide bonds. The van der Waals surface area contributed by atoms with Crippen LogP contribution in [0.25, 0.3) is 0 Å². The number of rotatable bonds is 0. The highest BCUT2D eigenvalue weighted by Crippen LogP contribution is 1.71. The van der Waals surface area contributed by atoms with Gasteiger partial charge in [-0.1, -0.05) is 48.5 Å². The lowest BCUT2D eigenvalue weighted by Crippen LogP contribution is -1.98. The maximum atomic E-state index is 10.2. The zero-order valence-corrected chi connectivity index (χ0v) is 29.7. The molecule has 0 saturated heterocycles. The van der Waals surface area contributed by atoms with E-state index in [0.29, 0.717) is 0 Å². The standard InChI is InChI=1S/8C5H5NO/c8*7-5-3-1-2-4-6-5/h8*1-4H,(H,6,7). The molecule has 0 radical (unpaired) electrons. The van der Waals surface area contributed by atoms with Crippen LogP contribution in [0.2, 0.25) is 0 Å². The van der Waals surface area contributed by atoms with Gasteiger partial charge in [-0.15, -0.1) is 0 Å². The summed E-state index contributed by atoms with van der Waals surface area (Å²) in [5.41, 5.74) is -0.426. The van der Waals surface area contributed by atoms with Gasteiger partial charge in [0.2, 0.25) is 44.5 Å². The first-order chi connectivity index (χ1) is 27.2. The Labute approximate surface area is 317 Å². The lowest BCUT2D eigenvalue weighted by atomic mass is 10.5. The van der Waals surface area contributed by atoms with E-state index in [4.69, 9.17) is 0 Å². The molecular formula is C40H40N8O8. The fraction of sp³-hybridized carbons (Fsp3) is 0. The second kappa shape index (κ2) is 31.3. The number of aromatic nitrogens is 8. The molecule has 16 nitrogen and oxygen atoms in total. The van der Waals surface area contributed by atoms with Crippen LogP contribution in [-0.4, -0.2) is 39.9 Å². The van der Waals surface area contributed by atoms with Crippen LogP contribution < -0.4 is 44.5 Å². The van der Waals surface area contributed by atoms with E-state index >= 15 is 0 Å². The molecule has 0 unspecified atom stereocenters. The third-order valence-corrected chi connectivity index (χ3v) is 5.44. The summed E-state index contributed by atoms with van der Waals surface area (Å²) in [4.78, 5) is 102. The van der Waals surface area contributed by atoms with Gasteiger partial charge in [0.25, 0.3) is 0 Å². The Balaban J connectivity index is 0.000000320. The Morgan fingerprint density at radius 2 is 0.286 bits per heavy atom. The first-order valence-corrected chi connectivity index (χ1v) is 16.3. The topological polar surface area (TPSA) is 263 Å². The van der Waals surface area contributed by atoms with E-state index in [1.165, 1.54) is 48.5 Å². The number of aromatic amines is 8. The molecule has 0 bridgehead atoms. The number of pyridine rings is 8. The maximum Gasteiger partial charge on any atom is 0.247 e. The highest BCUT2D eigenvalue weighted by molar-refractivity contribution is 4.93. The summed E-state index contributed by atoms with van der Waals surface area (Å²) in [5, 5.41) is 0. The quantitative estimate of drug-likeness (QED) is 0.114. The molecule has 288 valence electrons. The third-order valence-electron chi connectivity index (χ3n) is 5.44. The van der Waals surface area contributed by atoms with Crippen molar-refractivity contribution in [2.75, 3.05) is 0 Å². The third kappa shape index (κ3) is 29.3. The van der Waals surface area contributed by atoms with Crippen molar-refractivity contribution in [2.45, 2.75) is 0 Å². The molecule has 8 rings (SSSR count). The van der Waals surface area contributed by atoms with Gasteiger partial charge in [-0.2, -0.15) is 0 Å². The van der Waals surface area contributed by atoms with E-state index in [1.807, 2.05) is 0 Å². The molecule has 8 aromatic heterocycles. The molecule has 0 aliphatic heterocycles. The molecule has 8 N–H and O–H groups in total. The minimum Gasteiger partial charge on any atom is -0.329 e. The first kappa shape index (κ1) is 45.6. The van der Waals surface area contributed by atoms with Crippen molar-refractivity contribution >= 4 is 0 Å². The Morgan fingerprint density at radius 1 is 0.179 bits per heavy atom. The van der Waals surface area contributed by atoms with E-state index < -0.39 is 0 Å². The first-order valence-electron chi connectivity index (χ1n) is 16.3. The largest absolute Gasteiger partial charge is 0.329 e.